The molecule has 3 rings (SSSR count). The minimum absolute atomic E-state index is 0.105. The summed E-state index contributed by atoms with van der Waals surface area (Å²) in [4.78, 5) is 23.1. The van der Waals surface area contributed by atoms with Gasteiger partial charge in [0.15, 0.2) is 18.1 Å². The summed E-state index contributed by atoms with van der Waals surface area (Å²) < 4.78 is 15.8. The molecule has 0 spiro atoms. The zero-order valence-corrected chi connectivity index (χ0v) is 11.6. The average Bonchev–Trinajstić information content (AvgIpc) is 3.29. The Morgan fingerprint density at radius 1 is 1.19 bits per heavy atom. The first-order chi connectivity index (χ1) is 10.2. The van der Waals surface area contributed by atoms with Crippen LogP contribution < -0.4 is 14.8 Å². The summed E-state index contributed by atoms with van der Waals surface area (Å²) in [6.07, 6.45) is 2.13. The highest BCUT2D eigenvalue weighted by molar-refractivity contribution is 5.81. The van der Waals surface area contributed by atoms with E-state index in [1.165, 1.54) is 0 Å². The van der Waals surface area contributed by atoms with Crippen LogP contribution in [0.4, 0.5) is 0 Å². The third kappa shape index (κ3) is 3.87. The molecule has 21 heavy (non-hydrogen) atoms. The van der Waals surface area contributed by atoms with Gasteiger partial charge < -0.3 is 19.5 Å². The van der Waals surface area contributed by atoms with Crippen molar-refractivity contribution in [2.75, 3.05) is 19.8 Å². The Kier molecular flexibility index (Phi) is 3.94. The van der Waals surface area contributed by atoms with Crippen LogP contribution in [0.25, 0.3) is 0 Å². The van der Waals surface area contributed by atoms with Gasteiger partial charge in [-0.25, -0.2) is 0 Å². The molecular formula is C15H17NO5. The van der Waals surface area contributed by atoms with Crippen LogP contribution in [0.2, 0.25) is 0 Å². The lowest BCUT2D eigenvalue weighted by atomic mass is 10.1. The van der Waals surface area contributed by atoms with Crippen LogP contribution >= 0.6 is 0 Å². The topological polar surface area (TPSA) is 73.9 Å². The van der Waals surface area contributed by atoms with Crippen molar-refractivity contribution in [3.63, 3.8) is 0 Å². The monoisotopic (exact) mass is 291 g/mol. The zero-order chi connectivity index (χ0) is 14.7. The SMILES string of the molecule is O=C(COC(=O)Cc1ccc2c(c1)OCCO2)NC1CC1. The average molecular weight is 291 g/mol. The summed E-state index contributed by atoms with van der Waals surface area (Å²) >= 11 is 0. The van der Waals surface area contributed by atoms with Crippen LogP contribution in [0.5, 0.6) is 11.5 Å². The second kappa shape index (κ2) is 6.03. The maximum absolute atomic E-state index is 11.7. The molecule has 112 valence electrons. The molecule has 1 heterocycles. The molecule has 1 amide bonds. The molecule has 6 heteroatoms. The minimum atomic E-state index is -0.433. The van der Waals surface area contributed by atoms with Gasteiger partial charge in [-0.1, -0.05) is 6.07 Å². The highest BCUT2D eigenvalue weighted by Gasteiger charge is 2.23. The highest BCUT2D eigenvalue weighted by atomic mass is 16.6. The lowest BCUT2D eigenvalue weighted by Gasteiger charge is -2.18. The fourth-order valence-electron chi connectivity index (χ4n) is 2.06. The Labute approximate surface area is 122 Å². The molecule has 6 nitrogen and oxygen atoms in total. The van der Waals surface area contributed by atoms with E-state index in [0.29, 0.717) is 24.7 Å². The van der Waals surface area contributed by atoms with E-state index in [0.717, 1.165) is 18.4 Å². The molecule has 1 N–H and O–H groups in total. The first kappa shape index (κ1) is 13.7. The fourth-order valence-corrected chi connectivity index (χ4v) is 2.06. The molecule has 1 aromatic rings. The predicted octanol–water partition coefficient (Wildman–Crippen LogP) is 0.822. The van der Waals surface area contributed by atoms with Gasteiger partial charge in [0.05, 0.1) is 6.42 Å². The Hall–Kier alpha value is -2.24. The smallest absolute Gasteiger partial charge is 0.310 e. The van der Waals surface area contributed by atoms with E-state index in [2.05, 4.69) is 5.32 Å². The Morgan fingerprint density at radius 3 is 2.71 bits per heavy atom. The van der Waals surface area contributed by atoms with Crippen LogP contribution in [0.15, 0.2) is 18.2 Å². The minimum Gasteiger partial charge on any atom is -0.486 e. The van der Waals surface area contributed by atoms with E-state index < -0.39 is 5.97 Å². The van der Waals surface area contributed by atoms with Gasteiger partial charge in [0, 0.05) is 6.04 Å². The summed E-state index contributed by atoms with van der Waals surface area (Å²) in [7, 11) is 0. The fraction of sp³-hybridized carbons (Fsp3) is 0.467. The predicted molar refractivity (Wildman–Crippen MR) is 73.3 cm³/mol. The third-order valence-electron chi connectivity index (χ3n) is 3.26. The number of benzene rings is 1. The summed E-state index contributed by atoms with van der Waals surface area (Å²) in [5.74, 6) is 0.644. The maximum Gasteiger partial charge on any atom is 0.310 e. The van der Waals surface area contributed by atoms with E-state index in [1.807, 2.05) is 0 Å². The van der Waals surface area contributed by atoms with E-state index in [1.54, 1.807) is 18.2 Å². The summed E-state index contributed by atoms with van der Waals surface area (Å²) in [6, 6.07) is 5.60. The molecule has 1 aliphatic heterocycles. The second-order valence-electron chi connectivity index (χ2n) is 5.16. The molecule has 0 aromatic heterocycles. The number of carbonyl (C=O) groups is 2. The highest BCUT2D eigenvalue weighted by Crippen LogP contribution is 2.30. The number of fused-ring (bicyclic) bond motifs is 1. The van der Waals surface area contributed by atoms with Crippen molar-refractivity contribution in [3.8, 4) is 11.5 Å². The van der Waals surface area contributed by atoms with Gasteiger partial charge in [-0.05, 0) is 30.5 Å². The number of hydrogen-bond donors (Lipinski definition) is 1. The number of esters is 1. The van der Waals surface area contributed by atoms with Crippen molar-refractivity contribution in [1.82, 2.24) is 5.32 Å². The Bertz CT molecular complexity index is 553. The molecule has 0 unspecified atom stereocenters. The van der Waals surface area contributed by atoms with Crippen LogP contribution in [-0.4, -0.2) is 37.7 Å². The summed E-state index contributed by atoms with van der Waals surface area (Å²) in [5.41, 5.74) is 0.770. The zero-order valence-electron chi connectivity index (χ0n) is 11.6. The summed E-state index contributed by atoms with van der Waals surface area (Å²) in [5, 5.41) is 2.76. The van der Waals surface area contributed by atoms with Gasteiger partial charge >= 0.3 is 5.97 Å². The molecule has 2 aliphatic rings. The molecule has 0 bridgehead atoms. The largest absolute Gasteiger partial charge is 0.486 e. The number of hydrogen-bond acceptors (Lipinski definition) is 5. The van der Waals surface area contributed by atoms with Gasteiger partial charge in [-0.3, -0.25) is 9.59 Å². The van der Waals surface area contributed by atoms with Crippen LogP contribution in [-0.2, 0) is 20.7 Å². The third-order valence-corrected chi connectivity index (χ3v) is 3.26. The normalized spacial score (nSPS) is 16.2. The van der Waals surface area contributed by atoms with Crippen LogP contribution in [0.3, 0.4) is 0 Å². The molecule has 0 atom stereocenters. The molecule has 0 radical (unpaired) electrons. The van der Waals surface area contributed by atoms with Crippen molar-refractivity contribution in [3.05, 3.63) is 23.8 Å². The number of nitrogens with one attached hydrogen (secondary N) is 1. The van der Waals surface area contributed by atoms with Gasteiger partial charge in [0.1, 0.15) is 13.2 Å². The van der Waals surface area contributed by atoms with E-state index in [9.17, 15) is 9.59 Å². The van der Waals surface area contributed by atoms with Crippen molar-refractivity contribution in [2.24, 2.45) is 0 Å². The van der Waals surface area contributed by atoms with Crippen LogP contribution in [0, 0.1) is 0 Å². The quantitative estimate of drug-likeness (QED) is 0.813. The van der Waals surface area contributed by atoms with Gasteiger partial charge in [0.25, 0.3) is 5.91 Å². The van der Waals surface area contributed by atoms with E-state index >= 15 is 0 Å². The van der Waals surface area contributed by atoms with Gasteiger partial charge in [-0.15, -0.1) is 0 Å². The first-order valence-electron chi connectivity index (χ1n) is 7.04. The van der Waals surface area contributed by atoms with Crippen molar-refractivity contribution in [1.29, 1.82) is 0 Å². The Balaban J connectivity index is 1.48. The first-order valence-corrected chi connectivity index (χ1v) is 7.04. The van der Waals surface area contributed by atoms with Crippen molar-refractivity contribution < 1.29 is 23.8 Å². The lowest BCUT2D eigenvalue weighted by Crippen LogP contribution is -2.30. The lowest BCUT2D eigenvalue weighted by molar-refractivity contribution is -0.147. The van der Waals surface area contributed by atoms with Crippen molar-refractivity contribution >= 4 is 11.9 Å². The molecule has 1 aromatic carbocycles. The van der Waals surface area contributed by atoms with E-state index in [-0.39, 0.29) is 25.0 Å². The molecular weight excluding hydrogens is 274 g/mol. The molecule has 1 fully saturated rings. The molecule has 1 aliphatic carbocycles. The standard InChI is InChI=1S/C15H17NO5/c17-14(16-11-2-3-11)9-21-15(18)8-10-1-4-12-13(7-10)20-6-5-19-12/h1,4,7,11H,2-3,5-6,8-9H2,(H,16,17). The maximum atomic E-state index is 11.7. The van der Waals surface area contributed by atoms with E-state index in [4.69, 9.17) is 14.2 Å². The Morgan fingerprint density at radius 2 is 1.95 bits per heavy atom. The number of amides is 1. The number of rotatable bonds is 5. The van der Waals surface area contributed by atoms with Gasteiger partial charge in [-0.2, -0.15) is 0 Å². The second-order valence-corrected chi connectivity index (χ2v) is 5.16. The molecule has 0 saturated heterocycles. The summed E-state index contributed by atoms with van der Waals surface area (Å²) in [6.45, 7) is 0.812. The van der Waals surface area contributed by atoms with Gasteiger partial charge in [0.2, 0.25) is 0 Å². The van der Waals surface area contributed by atoms with Crippen molar-refractivity contribution in [2.45, 2.75) is 25.3 Å². The molecule has 1 saturated carbocycles. The van der Waals surface area contributed by atoms with Crippen LogP contribution in [0.1, 0.15) is 18.4 Å². The number of carbonyl (C=O) groups excluding carboxylic acids is 2. The number of ether oxygens (including phenoxy) is 3.